The van der Waals surface area contributed by atoms with Crippen LogP contribution in [0.4, 0.5) is 4.39 Å². The Labute approximate surface area is 209 Å². The third-order valence-electron chi connectivity index (χ3n) is 4.58. The van der Waals surface area contributed by atoms with Crippen molar-refractivity contribution in [3.8, 4) is 5.75 Å². The fraction of sp³-hybridized carbons (Fsp3) is 0.250. The number of aliphatic imine (C=N–C) groups is 1. The zero-order valence-electron chi connectivity index (χ0n) is 18.5. The predicted molar refractivity (Wildman–Crippen MR) is 136 cm³/mol. The molecule has 1 atom stereocenters. The van der Waals surface area contributed by atoms with Crippen molar-refractivity contribution in [3.05, 3.63) is 89.6 Å². The highest BCUT2D eigenvalue weighted by Crippen LogP contribution is 2.12. The Kier molecular flexibility index (Phi) is 10.7. The maximum Gasteiger partial charge on any atom is 0.251 e. The van der Waals surface area contributed by atoms with Crippen LogP contribution < -0.4 is 20.7 Å². The number of hydrogen-bond donors (Lipinski definition) is 3. The molecular weight excluding hydrogens is 538 g/mol. The van der Waals surface area contributed by atoms with Gasteiger partial charge < -0.3 is 25.1 Å². The molecule has 1 aromatic heterocycles. The highest BCUT2D eigenvalue weighted by Gasteiger charge is 2.09. The quantitative estimate of drug-likeness (QED) is 0.206. The first-order valence-corrected chi connectivity index (χ1v) is 10.3. The Balaban J connectivity index is 0.00000385. The summed E-state index contributed by atoms with van der Waals surface area (Å²) in [5, 5.41) is 9.25. The summed E-state index contributed by atoms with van der Waals surface area (Å²) in [6.07, 6.45) is 1.42. The van der Waals surface area contributed by atoms with E-state index in [1.165, 1.54) is 12.1 Å². The van der Waals surface area contributed by atoms with Crippen molar-refractivity contribution in [2.24, 2.45) is 4.99 Å². The molecule has 0 saturated heterocycles. The molecular formula is C24H28FIN4O3. The second-order valence-electron chi connectivity index (χ2n) is 7.15. The van der Waals surface area contributed by atoms with Crippen LogP contribution in [0.15, 0.2) is 76.3 Å². The van der Waals surface area contributed by atoms with Gasteiger partial charge in [0.2, 0.25) is 0 Å². The van der Waals surface area contributed by atoms with Crippen LogP contribution in [-0.4, -0.2) is 31.6 Å². The number of amides is 1. The normalized spacial score (nSPS) is 11.8. The van der Waals surface area contributed by atoms with Gasteiger partial charge in [-0.2, -0.15) is 0 Å². The fourth-order valence-corrected chi connectivity index (χ4v) is 2.94. The molecule has 0 aliphatic carbocycles. The number of furan rings is 1. The van der Waals surface area contributed by atoms with E-state index >= 15 is 0 Å². The minimum absolute atomic E-state index is 0. The largest absolute Gasteiger partial charge is 0.489 e. The van der Waals surface area contributed by atoms with Gasteiger partial charge in [-0.25, -0.2) is 4.39 Å². The van der Waals surface area contributed by atoms with Crippen LogP contribution in [0.25, 0.3) is 0 Å². The molecule has 1 amide bonds. The maximum atomic E-state index is 13.0. The van der Waals surface area contributed by atoms with Gasteiger partial charge in [0.25, 0.3) is 5.91 Å². The van der Waals surface area contributed by atoms with E-state index in [2.05, 4.69) is 20.9 Å². The van der Waals surface area contributed by atoms with Crippen LogP contribution in [-0.2, 0) is 13.1 Å². The van der Waals surface area contributed by atoms with Crippen molar-refractivity contribution in [2.45, 2.75) is 26.1 Å². The van der Waals surface area contributed by atoms with Crippen LogP contribution in [0.1, 0.15) is 28.6 Å². The molecule has 0 fully saturated rings. The first-order chi connectivity index (χ1) is 15.5. The molecule has 0 bridgehead atoms. The molecule has 3 N–H and O–H groups in total. The Morgan fingerprint density at radius 2 is 1.85 bits per heavy atom. The van der Waals surface area contributed by atoms with Gasteiger partial charge in [-0.05, 0) is 61.0 Å². The zero-order chi connectivity index (χ0) is 22.8. The van der Waals surface area contributed by atoms with Gasteiger partial charge in [0.05, 0.1) is 19.4 Å². The van der Waals surface area contributed by atoms with E-state index in [-0.39, 0.29) is 41.8 Å². The van der Waals surface area contributed by atoms with Crippen LogP contribution in [0.2, 0.25) is 0 Å². The smallest absolute Gasteiger partial charge is 0.251 e. The Bertz CT molecular complexity index is 1030. The molecule has 0 saturated carbocycles. The van der Waals surface area contributed by atoms with Gasteiger partial charge in [-0.15, -0.1) is 24.0 Å². The lowest BCUT2D eigenvalue weighted by Crippen LogP contribution is -2.41. The molecule has 0 aliphatic heterocycles. The van der Waals surface area contributed by atoms with E-state index in [0.717, 1.165) is 5.56 Å². The molecule has 1 unspecified atom stereocenters. The van der Waals surface area contributed by atoms with Crippen molar-refractivity contribution in [2.75, 3.05) is 13.6 Å². The average Bonchev–Trinajstić information content (AvgIpc) is 3.33. The lowest BCUT2D eigenvalue weighted by Gasteiger charge is -2.18. The lowest BCUT2D eigenvalue weighted by atomic mass is 10.1. The molecule has 7 nitrogen and oxygen atoms in total. The summed E-state index contributed by atoms with van der Waals surface area (Å²) >= 11 is 0. The molecule has 0 radical (unpaired) electrons. The van der Waals surface area contributed by atoms with Crippen LogP contribution in [0, 0.1) is 5.82 Å². The van der Waals surface area contributed by atoms with E-state index in [1.807, 2.05) is 31.2 Å². The number of nitrogens with zero attached hydrogens (tertiary/aromatic N) is 1. The Morgan fingerprint density at radius 3 is 2.55 bits per heavy atom. The SMILES string of the molecule is CN=C(NCc1cccc(C(=O)NCc2ccco2)c1)NCC(C)Oc1ccc(F)cc1.I. The molecule has 9 heteroatoms. The Morgan fingerprint density at radius 1 is 1.06 bits per heavy atom. The fourth-order valence-electron chi connectivity index (χ4n) is 2.94. The molecule has 3 aromatic rings. The summed E-state index contributed by atoms with van der Waals surface area (Å²) < 4.78 is 24.0. The van der Waals surface area contributed by atoms with Gasteiger partial charge in [-0.1, -0.05) is 12.1 Å². The van der Waals surface area contributed by atoms with E-state index in [0.29, 0.717) is 42.7 Å². The van der Waals surface area contributed by atoms with E-state index < -0.39 is 0 Å². The second-order valence-corrected chi connectivity index (χ2v) is 7.15. The number of hydrogen-bond acceptors (Lipinski definition) is 4. The highest BCUT2D eigenvalue weighted by atomic mass is 127. The van der Waals surface area contributed by atoms with E-state index in [4.69, 9.17) is 9.15 Å². The first-order valence-electron chi connectivity index (χ1n) is 10.3. The molecule has 0 aliphatic rings. The summed E-state index contributed by atoms with van der Waals surface area (Å²) in [6.45, 7) is 3.25. The standard InChI is InChI=1S/C24H27FN4O3.HI/c1-17(32-21-10-8-20(25)9-11-21)14-28-24(26-2)29-15-18-5-3-6-19(13-18)23(30)27-16-22-7-4-12-31-22;/h3-13,17H,14-16H2,1-2H3,(H,27,30)(H2,26,28,29);1H. The number of guanidine groups is 1. The second kappa shape index (κ2) is 13.5. The van der Waals surface area contributed by atoms with Crippen LogP contribution in [0.5, 0.6) is 5.75 Å². The van der Waals surface area contributed by atoms with Crippen LogP contribution in [0.3, 0.4) is 0 Å². The number of benzene rings is 2. The number of carbonyl (C=O) groups is 1. The van der Waals surface area contributed by atoms with Gasteiger partial charge in [0.15, 0.2) is 5.96 Å². The number of ether oxygens (including phenoxy) is 1. The molecule has 176 valence electrons. The van der Waals surface area contributed by atoms with Crippen LogP contribution >= 0.6 is 24.0 Å². The predicted octanol–water partition coefficient (Wildman–Crippen LogP) is 4.10. The van der Waals surface area contributed by atoms with Gasteiger partial charge in [0, 0.05) is 19.2 Å². The van der Waals surface area contributed by atoms with Crippen molar-refractivity contribution in [1.29, 1.82) is 0 Å². The van der Waals surface area contributed by atoms with Gasteiger partial charge >= 0.3 is 0 Å². The number of rotatable bonds is 9. The lowest BCUT2D eigenvalue weighted by molar-refractivity contribution is 0.0948. The molecule has 33 heavy (non-hydrogen) atoms. The van der Waals surface area contributed by atoms with Gasteiger partial charge in [0.1, 0.15) is 23.4 Å². The molecule has 1 heterocycles. The summed E-state index contributed by atoms with van der Waals surface area (Å²) in [5.74, 6) is 1.44. The third-order valence-corrected chi connectivity index (χ3v) is 4.58. The number of nitrogens with one attached hydrogen (secondary N) is 3. The first kappa shape index (κ1) is 26.2. The third kappa shape index (κ3) is 8.76. The maximum absolute atomic E-state index is 13.0. The van der Waals surface area contributed by atoms with E-state index in [1.54, 1.807) is 37.6 Å². The Hall–Kier alpha value is -3.08. The topological polar surface area (TPSA) is 87.9 Å². The van der Waals surface area contributed by atoms with Crippen molar-refractivity contribution < 1.29 is 18.3 Å². The summed E-state index contributed by atoms with van der Waals surface area (Å²) in [5.41, 5.74) is 1.51. The highest BCUT2D eigenvalue weighted by molar-refractivity contribution is 14.0. The number of carbonyl (C=O) groups excluding carboxylic acids is 1. The van der Waals surface area contributed by atoms with Crippen molar-refractivity contribution in [1.82, 2.24) is 16.0 Å². The molecule has 2 aromatic carbocycles. The van der Waals surface area contributed by atoms with Crippen molar-refractivity contribution in [3.63, 3.8) is 0 Å². The zero-order valence-corrected chi connectivity index (χ0v) is 20.8. The van der Waals surface area contributed by atoms with Gasteiger partial charge in [-0.3, -0.25) is 9.79 Å². The molecule has 3 rings (SSSR count). The average molecular weight is 566 g/mol. The monoisotopic (exact) mass is 566 g/mol. The molecule has 0 spiro atoms. The van der Waals surface area contributed by atoms with Crippen molar-refractivity contribution >= 4 is 35.8 Å². The minimum Gasteiger partial charge on any atom is -0.489 e. The number of halogens is 2. The summed E-state index contributed by atoms with van der Waals surface area (Å²) in [6, 6.07) is 16.9. The summed E-state index contributed by atoms with van der Waals surface area (Å²) in [4.78, 5) is 16.6. The summed E-state index contributed by atoms with van der Waals surface area (Å²) in [7, 11) is 1.68. The van der Waals surface area contributed by atoms with E-state index in [9.17, 15) is 9.18 Å². The minimum atomic E-state index is -0.299.